The molecule has 2 N–H and O–H groups in total. The molecule has 0 aliphatic heterocycles. The summed E-state index contributed by atoms with van der Waals surface area (Å²) in [4.78, 5) is 24.2. The van der Waals surface area contributed by atoms with Crippen molar-refractivity contribution in [3.63, 3.8) is 0 Å². The molecule has 0 fully saturated rings. The lowest BCUT2D eigenvalue weighted by Crippen LogP contribution is -2.17. The minimum Gasteiger partial charge on any atom is -0.495 e. The van der Waals surface area contributed by atoms with Crippen LogP contribution >= 0.6 is 0 Å². The molecule has 0 aliphatic carbocycles. The second-order valence-corrected chi connectivity index (χ2v) is 8.99. The number of ether oxygens (including phenoxy) is 1. The van der Waals surface area contributed by atoms with Gasteiger partial charge in [0.05, 0.1) is 34.9 Å². The number of rotatable bonds is 6. The van der Waals surface area contributed by atoms with Gasteiger partial charge in [0.1, 0.15) is 11.3 Å². The fraction of sp³-hybridized carbons (Fsp3) is 0.0417. The number of hydrogen-bond donors (Lipinski definition) is 2. The summed E-state index contributed by atoms with van der Waals surface area (Å²) in [5, 5.41) is 21.5. The topological polar surface area (TPSA) is 138 Å². The van der Waals surface area contributed by atoms with Gasteiger partial charge in [-0.05, 0) is 48.5 Å². The molecule has 1 amide bonds. The third-order valence-electron chi connectivity index (χ3n) is 5.14. The van der Waals surface area contributed by atoms with Crippen molar-refractivity contribution in [3.8, 4) is 11.8 Å². The second-order valence-electron chi connectivity index (χ2n) is 7.17. The first-order valence-electron chi connectivity index (χ1n) is 9.85. The number of nitriles is 1. The first-order chi connectivity index (χ1) is 16.3. The zero-order chi connectivity index (χ0) is 24.5. The number of para-hydroxylation sites is 1. The van der Waals surface area contributed by atoms with Crippen molar-refractivity contribution in [2.75, 3.05) is 12.4 Å². The molecule has 10 heteroatoms. The molecule has 170 valence electrons. The molecule has 4 rings (SSSR count). The fourth-order valence-electron chi connectivity index (χ4n) is 3.50. The number of anilines is 1. The molecule has 0 saturated carbocycles. The minimum atomic E-state index is -4.09. The molecule has 3 aromatic carbocycles. The number of nitrogens with one attached hydrogen (secondary N) is 1. The summed E-state index contributed by atoms with van der Waals surface area (Å²) in [5.74, 6) is -1.65. The quantitative estimate of drug-likeness (QED) is 0.433. The molecular weight excluding hydrogens is 458 g/mol. The van der Waals surface area contributed by atoms with Crippen LogP contribution in [0.1, 0.15) is 26.3 Å². The molecule has 0 bridgehead atoms. The Morgan fingerprint density at radius 3 is 2.53 bits per heavy atom. The molecular formula is C24H17N3O6S. The van der Waals surface area contributed by atoms with Crippen LogP contribution in [0.15, 0.2) is 77.8 Å². The van der Waals surface area contributed by atoms with Gasteiger partial charge in [-0.25, -0.2) is 17.2 Å². The highest BCUT2D eigenvalue weighted by atomic mass is 32.2. The third-order valence-corrected chi connectivity index (χ3v) is 6.81. The summed E-state index contributed by atoms with van der Waals surface area (Å²) < 4.78 is 33.2. The van der Waals surface area contributed by atoms with Gasteiger partial charge in [-0.3, -0.25) is 4.79 Å². The second kappa shape index (κ2) is 8.73. The number of aromatic nitrogens is 1. The van der Waals surface area contributed by atoms with Crippen molar-refractivity contribution in [1.29, 1.82) is 5.26 Å². The van der Waals surface area contributed by atoms with Crippen molar-refractivity contribution in [2.45, 2.75) is 4.90 Å². The Balaban J connectivity index is 1.71. The summed E-state index contributed by atoms with van der Waals surface area (Å²) in [6.45, 7) is 0. The number of aromatic carboxylic acids is 1. The summed E-state index contributed by atoms with van der Waals surface area (Å²) in [7, 11) is -2.65. The van der Waals surface area contributed by atoms with Crippen molar-refractivity contribution in [1.82, 2.24) is 3.97 Å². The molecule has 0 radical (unpaired) electrons. The SMILES string of the molecule is COc1cccc2ccn(S(=O)(=O)c3cccc(C(=O)Nc4ccc(C#N)cc4C(=O)O)c3)c12. The van der Waals surface area contributed by atoms with E-state index in [1.54, 1.807) is 24.3 Å². The number of carboxylic acids is 1. The van der Waals surface area contributed by atoms with Crippen LogP contribution in [0, 0.1) is 11.3 Å². The number of carbonyl (C=O) groups excluding carboxylic acids is 1. The Morgan fingerprint density at radius 2 is 1.82 bits per heavy atom. The standard InChI is InChI=1S/C24H17N3O6S/c1-33-21-7-3-4-16-10-11-27(22(16)21)34(31,32)18-6-2-5-17(13-18)23(28)26-20-9-8-15(14-25)12-19(20)24(29)30/h2-13H,1H3,(H,26,28)(H,29,30). The van der Waals surface area contributed by atoms with Gasteiger partial charge >= 0.3 is 5.97 Å². The molecule has 1 aromatic heterocycles. The van der Waals surface area contributed by atoms with Crippen LogP contribution in [-0.4, -0.2) is 36.5 Å². The van der Waals surface area contributed by atoms with Gasteiger partial charge in [0.2, 0.25) is 0 Å². The first kappa shape index (κ1) is 22.6. The zero-order valence-corrected chi connectivity index (χ0v) is 18.5. The Morgan fingerprint density at radius 1 is 1.06 bits per heavy atom. The lowest BCUT2D eigenvalue weighted by molar-refractivity contribution is 0.0698. The van der Waals surface area contributed by atoms with E-state index >= 15 is 0 Å². The maximum atomic E-state index is 13.4. The highest BCUT2D eigenvalue weighted by Gasteiger charge is 2.23. The molecule has 0 unspecified atom stereocenters. The van der Waals surface area contributed by atoms with Crippen molar-refractivity contribution >= 4 is 38.5 Å². The van der Waals surface area contributed by atoms with Gasteiger partial charge < -0.3 is 15.2 Å². The first-order valence-corrected chi connectivity index (χ1v) is 11.3. The molecule has 0 saturated heterocycles. The van der Waals surface area contributed by atoms with E-state index in [9.17, 15) is 23.1 Å². The van der Waals surface area contributed by atoms with Crippen molar-refractivity contribution in [2.24, 2.45) is 0 Å². The van der Waals surface area contributed by atoms with E-state index in [2.05, 4.69) is 5.32 Å². The monoisotopic (exact) mass is 475 g/mol. The predicted octanol–water partition coefficient (Wildman–Crippen LogP) is 3.71. The highest BCUT2D eigenvalue weighted by molar-refractivity contribution is 7.90. The molecule has 34 heavy (non-hydrogen) atoms. The zero-order valence-electron chi connectivity index (χ0n) is 17.7. The normalized spacial score (nSPS) is 11.1. The number of hydrogen-bond acceptors (Lipinski definition) is 6. The van der Waals surface area contributed by atoms with Crippen LogP contribution in [0.2, 0.25) is 0 Å². The van der Waals surface area contributed by atoms with E-state index in [4.69, 9.17) is 10.00 Å². The molecule has 1 heterocycles. The Labute approximate surface area is 194 Å². The average molecular weight is 475 g/mol. The number of carboxylic acid groups (broad SMARTS) is 1. The average Bonchev–Trinajstić information content (AvgIpc) is 3.29. The van der Waals surface area contributed by atoms with Crippen LogP contribution in [0.4, 0.5) is 5.69 Å². The van der Waals surface area contributed by atoms with Gasteiger partial charge in [-0.1, -0.05) is 18.2 Å². The maximum absolute atomic E-state index is 13.4. The summed E-state index contributed by atoms with van der Waals surface area (Å²) in [5.41, 5.74) is 0.208. The molecule has 9 nitrogen and oxygen atoms in total. The number of amides is 1. The number of methoxy groups -OCH3 is 1. The summed E-state index contributed by atoms with van der Waals surface area (Å²) in [6.07, 6.45) is 1.41. The van der Waals surface area contributed by atoms with Crippen LogP contribution < -0.4 is 10.1 Å². The largest absolute Gasteiger partial charge is 0.495 e. The van der Waals surface area contributed by atoms with E-state index in [1.165, 1.54) is 49.7 Å². The van der Waals surface area contributed by atoms with E-state index in [1.807, 2.05) is 6.07 Å². The maximum Gasteiger partial charge on any atom is 0.337 e. The fourth-order valence-corrected chi connectivity index (χ4v) is 4.91. The van der Waals surface area contributed by atoms with Gasteiger partial charge in [0.25, 0.3) is 15.9 Å². The lowest BCUT2D eigenvalue weighted by atomic mass is 10.1. The smallest absolute Gasteiger partial charge is 0.337 e. The predicted molar refractivity (Wildman–Crippen MR) is 124 cm³/mol. The van der Waals surface area contributed by atoms with E-state index in [-0.39, 0.29) is 27.3 Å². The molecule has 0 aliphatic rings. The Kier molecular flexibility index (Phi) is 5.79. The van der Waals surface area contributed by atoms with Crippen LogP contribution in [0.5, 0.6) is 5.75 Å². The Hall–Kier alpha value is -4.62. The summed E-state index contributed by atoms with van der Waals surface area (Å²) in [6, 6.07) is 17.8. The Bertz CT molecular complexity index is 1600. The van der Waals surface area contributed by atoms with Crippen LogP contribution in [-0.2, 0) is 10.0 Å². The van der Waals surface area contributed by atoms with Gasteiger partial charge in [-0.2, -0.15) is 5.26 Å². The highest BCUT2D eigenvalue weighted by Crippen LogP contribution is 2.30. The number of nitrogens with zero attached hydrogens (tertiary/aromatic N) is 2. The molecule has 4 aromatic rings. The minimum absolute atomic E-state index is 0.00481. The molecule has 0 spiro atoms. The number of fused-ring (bicyclic) bond motifs is 1. The van der Waals surface area contributed by atoms with Gasteiger partial charge in [-0.15, -0.1) is 0 Å². The van der Waals surface area contributed by atoms with Crippen LogP contribution in [0.3, 0.4) is 0 Å². The van der Waals surface area contributed by atoms with E-state index < -0.39 is 21.9 Å². The van der Waals surface area contributed by atoms with Crippen molar-refractivity contribution < 1.29 is 27.9 Å². The number of carbonyl (C=O) groups is 2. The molecule has 0 atom stereocenters. The van der Waals surface area contributed by atoms with Crippen LogP contribution in [0.25, 0.3) is 10.9 Å². The number of benzene rings is 3. The summed E-state index contributed by atoms with van der Waals surface area (Å²) >= 11 is 0. The van der Waals surface area contributed by atoms with Gasteiger partial charge in [0, 0.05) is 17.1 Å². The van der Waals surface area contributed by atoms with E-state index in [0.717, 1.165) is 10.0 Å². The van der Waals surface area contributed by atoms with Gasteiger partial charge in [0.15, 0.2) is 0 Å². The van der Waals surface area contributed by atoms with Crippen molar-refractivity contribution in [3.05, 3.63) is 89.6 Å². The third kappa shape index (κ3) is 3.96. The van der Waals surface area contributed by atoms with E-state index in [0.29, 0.717) is 16.7 Å². The lowest BCUT2D eigenvalue weighted by Gasteiger charge is -2.12.